The number of halogens is 1. The van der Waals surface area contributed by atoms with Crippen LogP contribution in [0.3, 0.4) is 0 Å². The number of likely N-dealkylation sites (tertiary alicyclic amines) is 1. The smallest absolute Gasteiger partial charge is 0.254 e. The van der Waals surface area contributed by atoms with Crippen molar-refractivity contribution in [3.8, 4) is 0 Å². The minimum atomic E-state index is -0.183. The minimum Gasteiger partial charge on any atom is -0.337 e. The van der Waals surface area contributed by atoms with Crippen LogP contribution >= 0.6 is 11.6 Å². The Balaban J connectivity index is 1.91. The van der Waals surface area contributed by atoms with Gasteiger partial charge in [-0.15, -0.1) is 0 Å². The molecule has 3 rings (SSSR count). The fourth-order valence-electron chi connectivity index (χ4n) is 2.99. The molecule has 0 aliphatic carbocycles. The summed E-state index contributed by atoms with van der Waals surface area (Å²) >= 11 is 5.88. The molecule has 0 saturated carbocycles. The molecule has 2 N–H and O–H groups in total. The quantitative estimate of drug-likeness (QED) is 0.871. The van der Waals surface area contributed by atoms with Crippen LogP contribution < -0.4 is 5.73 Å². The van der Waals surface area contributed by atoms with Crippen LogP contribution in [0.25, 0.3) is 0 Å². The van der Waals surface area contributed by atoms with Crippen LogP contribution in [0, 0.1) is 0 Å². The Labute approximate surface area is 146 Å². The van der Waals surface area contributed by atoms with Crippen LogP contribution in [-0.2, 0) is 0 Å². The molecule has 1 heterocycles. The van der Waals surface area contributed by atoms with E-state index in [0.717, 1.165) is 12.8 Å². The van der Waals surface area contributed by atoms with Crippen molar-refractivity contribution in [1.29, 1.82) is 0 Å². The second-order valence-electron chi connectivity index (χ2n) is 6.04. The standard InChI is InChI=1S/C19H19ClN2O2/c20-14-9-7-13(8-10-14)18(23)16-5-1-2-6-17(16)19(24)22-11-3-4-15(21)12-22/h1-2,5-10,15H,3-4,11-12,21H2/t15-/m0/s1. The van der Waals surface area contributed by atoms with E-state index in [9.17, 15) is 9.59 Å². The molecule has 1 atom stereocenters. The van der Waals surface area contributed by atoms with E-state index in [1.165, 1.54) is 0 Å². The van der Waals surface area contributed by atoms with Gasteiger partial charge in [-0.1, -0.05) is 29.8 Å². The monoisotopic (exact) mass is 342 g/mol. The number of carbonyl (C=O) groups excluding carboxylic acids is 2. The molecule has 0 aromatic heterocycles. The molecular weight excluding hydrogens is 324 g/mol. The van der Waals surface area contributed by atoms with Crippen molar-refractivity contribution in [3.63, 3.8) is 0 Å². The van der Waals surface area contributed by atoms with Crippen molar-refractivity contribution < 1.29 is 9.59 Å². The van der Waals surface area contributed by atoms with E-state index < -0.39 is 0 Å². The van der Waals surface area contributed by atoms with E-state index in [0.29, 0.717) is 34.8 Å². The summed E-state index contributed by atoms with van der Waals surface area (Å²) in [5, 5.41) is 0.568. The Morgan fingerprint density at radius 1 is 1.04 bits per heavy atom. The van der Waals surface area contributed by atoms with Crippen LogP contribution in [0.15, 0.2) is 48.5 Å². The zero-order valence-corrected chi connectivity index (χ0v) is 14.0. The van der Waals surface area contributed by atoms with Crippen LogP contribution in [0.5, 0.6) is 0 Å². The molecule has 1 aliphatic heterocycles. The van der Waals surface area contributed by atoms with Gasteiger partial charge in [-0.05, 0) is 43.2 Å². The lowest BCUT2D eigenvalue weighted by Gasteiger charge is -2.31. The van der Waals surface area contributed by atoms with Crippen molar-refractivity contribution in [2.45, 2.75) is 18.9 Å². The Hall–Kier alpha value is -2.17. The molecule has 124 valence electrons. The lowest BCUT2D eigenvalue weighted by Crippen LogP contribution is -2.46. The highest BCUT2D eigenvalue weighted by Crippen LogP contribution is 2.20. The summed E-state index contributed by atoms with van der Waals surface area (Å²) in [7, 11) is 0. The third-order valence-electron chi connectivity index (χ3n) is 4.25. The molecule has 4 nitrogen and oxygen atoms in total. The van der Waals surface area contributed by atoms with Gasteiger partial charge >= 0.3 is 0 Å². The SMILES string of the molecule is N[C@H]1CCCN(C(=O)c2ccccc2C(=O)c2ccc(Cl)cc2)C1. The molecule has 2 aromatic carbocycles. The average Bonchev–Trinajstić information content (AvgIpc) is 2.61. The molecule has 0 radical (unpaired) electrons. The van der Waals surface area contributed by atoms with Gasteiger partial charge in [-0.3, -0.25) is 9.59 Å². The average molecular weight is 343 g/mol. The van der Waals surface area contributed by atoms with Gasteiger partial charge in [-0.2, -0.15) is 0 Å². The van der Waals surface area contributed by atoms with Gasteiger partial charge < -0.3 is 10.6 Å². The molecule has 0 unspecified atom stereocenters. The first-order chi connectivity index (χ1) is 11.6. The predicted octanol–water partition coefficient (Wildman–Crippen LogP) is 3.13. The second-order valence-corrected chi connectivity index (χ2v) is 6.47. The van der Waals surface area contributed by atoms with Crippen molar-refractivity contribution in [2.24, 2.45) is 5.73 Å². The van der Waals surface area contributed by atoms with Crippen molar-refractivity contribution >= 4 is 23.3 Å². The summed E-state index contributed by atoms with van der Waals surface area (Å²) in [4.78, 5) is 27.4. The fraction of sp³-hybridized carbons (Fsp3) is 0.263. The van der Waals surface area contributed by atoms with Crippen LogP contribution in [0.2, 0.25) is 5.02 Å². The highest BCUT2D eigenvalue weighted by atomic mass is 35.5. The zero-order valence-electron chi connectivity index (χ0n) is 13.2. The maximum absolute atomic E-state index is 12.9. The first kappa shape index (κ1) is 16.7. The van der Waals surface area contributed by atoms with Gasteiger partial charge in [0, 0.05) is 35.3 Å². The highest BCUT2D eigenvalue weighted by molar-refractivity contribution is 6.30. The largest absolute Gasteiger partial charge is 0.337 e. The maximum atomic E-state index is 12.9. The molecule has 0 bridgehead atoms. The number of amides is 1. The first-order valence-corrected chi connectivity index (χ1v) is 8.38. The number of benzene rings is 2. The Kier molecular flexibility index (Phi) is 4.97. The van der Waals surface area contributed by atoms with Crippen LogP contribution in [0.1, 0.15) is 39.1 Å². The number of rotatable bonds is 3. The second kappa shape index (κ2) is 7.16. The van der Waals surface area contributed by atoms with E-state index in [1.54, 1.807) is 53.4 Å². The van der Waals surface area contributed by atoms with Gasteiger partial charge in [0.15, 0.2) is 5.78 Å². The molecule has 1 fully saturated rings. The van der Waals surface area contributed by atoms with Crippen molar-refractivity contribution in [2.75, 3.05) is 13.1 Å². The Bertz CT molecular complexity index is 758. The third kappa shape index (κ3) is 3.50. The Morgan fingerprint density at radius 3 is 2.38 bits per heavy atom. The third-order valence-corrected chi connectivity index (χ3v) is 4.51. The van der Waals surface area contributed by atoms with E-state index in [-0.39, 0.29) is 17.7 Å². The summed E-state index contributed by atoms with van der Waals surface area (Å²) in [5.41, 5.74) is 7.31. The zero-order chi connectivity index (χ0) is 17.1. The summed E-state index contributed by atoms with van der Waals surface area (Å²) in [6.07, 6.45) is 1.81. The highest BCUT2D eigenvalue weighted by Gasteiger charge is 2.25. The summed E-state index contributed by atoms with van der Waals surface area (Å²) < 4.78 is 0. The lowest BCUT2D eigenvalue weighted by molar-refractivity contribution is 0.0705. The predicted molar refractivity (Wildman–Crippen MR) is 94.4 cm³/mol. The number of carbonyl (C=O) groups is 2. The molecular formula is C19H19ClN2O2. The molecule has 5 heteroatoms. The first-order valence-electron chi connectivity index (χ1n) is 8.00. The number of ketones is 1. The summed E-state index contributed by atoms with van der Waals surface area (Å²) in [5.74, 6) is -0.319. The molecule has 2 aromatic rings. The summed E-state index contributed by atoms with van der Waals surface area (Å²) in [6.45, 7) is 1.21. The number of hydrogen-bond acceptors (Lipinski definition) is 3. The number of piperidine rings is 1. The molecule has 24 heavy (non-hydrogen) atoms. The number of nitrogens with two attached hydrogens (primary N) is 1. The van der Waals surface area contributed by atoms with Crippen LogP contribution in [-0.4, -0.2) is 35.7 Å². The number of hydrogen-bond donors (Lipinski definition) is 1. The van der Waals surface area contributed by atoms with Gasteiger partial charge in [0.25, 0.3) is 5.91 Å². The minimum absolute atomic E-state index is 0.00169. The van der Waals surface area contributed by atoms with Gasteiger partial charge in [0.1, 0.15) is 0 Å². The lowest BCUT2D eigenvalue weighted by atomic mass is 9.96. The molecule has 1 aliphatic rings. The van der Waals surface area contributed by atoms with Gasteiger partial charge in [-0.25, -0.2) is 0 Å². The maximum Gasteiger partial charge on any atom is 0.254 e. The van der Waals surface area contributed by atoms with Gasteiger partial charge in [0.05, 0.1) is 5.56 Å². The molecule has 1 saturated heterocycles. The van der Waals surface area contributed by atoms with E-state index >= 15 is 0 Å². The van der Waals surface area contributed by atoms with Crippen molar-refractivity contribution in [1.82, 2.24) is 4.90 Å². The van der Waals surface area contributed by atoms with E-state index in [1.807, 2.05) is 0 Å². The van der Waals surface area contributed by atoms with Crippen LogP contribution in [0.4, 0.5) is 0 Å². The fourth-order valence-corrected chi connectivity index (χ4v) is 3.12. The molecule has 1 amide bonds. The summed E-state index contributed by atoms with van der Waals surface area (Å²) in [6, 6.07) is 13.6. The molecule has 0 spiro atoms. The number of nitrogens with zero attached hydrogens (tertiary/aromatic N) is 1. The normalized spacial score (nSPS) is 17.6. The van der Waals surface area contributed by atoms with E-state index in [4.69, 9.17) is 17.3 Å². The topological polar surface area (TPSA) is 63.4 Å². The van der Waals surface area contributed by atoms with Crippen molar-refractivity contribution in [3.05, 3.63) is 70.2 Å². The van der Waals surface area contributed by atoms with E-state index in [2.05, 4.69) is 0 Å². The van der Waals surface area contributed by atoms with Gasteiger partial charge in [0.2, 0.25) is 0 Å². The Morgan fingerprint density at radius 2 is 1.71 bits per heavy atom.